The predicted molar refractivity (Wildman–Crippen MR) is 89.8 cm³/mol. The van der Waals surface area contributed by atoms with Gasteiger partial charge in [-0.1, -0.05) is 25.5 Å². The van der Waals surface area contributed by atoms with E-state index in [9.17, 15) is 9.18 Å². The van der Waals surface area contributed by atoms with Crippen LogP contribution >= 0.6 is 0 Å². The number of hydrogen-bond donors (Lipinski definition) is 1. The van der Waals surface area contributed by atoms with Gasteiger partial charge in [-0.15, -0.1) is 0 Å². The van der Waals surface area contributed by atoms with E-state index in [2.05, 4.69) is 12.2 Å². The summed E-state index contributed by atoms with van der Waals surface area (Å²) in [4.78, 5) is 15.1. The largest absolute Gasteiger partial charge is 0.342 e. The summed E-state index contributed by atoms with van der Waals surface area (Å²) in [6.07, 6.45) is 4.90. The number of nitrogens with zero attached hydrogens (tertiary/aromatic N) is 1. The molecule has 126 valence electrons. The fourth-order valence-corrected chi connectivity index (χ4v) is 3.93. The molecule has 1 aliphatic carbocycles. The minimum atomic E-state index is -0.462. The fourth-order valence-electron chi connectivity index (χ4n) is 3.93. The molecule has 3 rings (SSSR count). The number of nitrogens with one attached hydrogen (secondary N) is 1. The zero-order valence-electron chi connectivity index (χ0n) is 14.0. The summed E-state index contributed by atoms with van der Waals surface area (Å²) in [6.45, 7) is 5.85. The molecule has 1 amide bonds. The Kier molecular flexibility index (Phi) is 5.00. The highest BCUT2D eigenvalue weighted by Crippen LogP contribution is 2.45. The molecular weight excluding hydrogens is 291 g/mol. The second-order valence-corrected chi connectivity index (χ2v) is 6.99. The monoisotopic (exact) mass is 318 g/mol. The van der Waals surface area contributed by atoms with Crippen molar-refractivity contribution in [2.45, 2.75) is 44.4 Å². The Hall–Kier alpha value is -1.42. The van der Waals surface area contributed by atoms with Crippen LogP contribution in [0.4, 0.5) is 4.39 Å². The summed E-state index contributed by atoms with van der Waals surface area (Å²) < 4.78 is 13.6. The molecule has 0 unspecified atom stereocenters. The molecule has 1 aromatic carbocycles. The summed E-state index contributed by atoms with van der Waals surface area (Å²) >= 11 is 0. The lowest BCUT2D eigenvalue weighted by Gasteiger charge is -2.45. The number of carbonyl (C=O) groups excluding carboxylic acids is 1. The normalized spacial score (nSPS) is 21.0. The third kappa shape index (κ3) is 3.27. The summed E-state index contributed by atoms with van der Waals surface area (Å²) in [5, 5.41) is 3.40. The van der Waals surface area contributed by atoms with E-state index in [1.165, 1.54) is 6.07 Å². The van der Waals surface area contributed by atoms with Crippen molar-refractivity contribution in [3.8, 4) is 0 Å². The van der Waals surface area contributed by atoms with Crippen molar-refractivity contribution in [3.05, 3.63) is 35.6 Å². The Bertz CT molecular complexity index is 548. The molecule has 2 fully saturated rings. The summed E-state index contributed by atoms with van der Waals surface area (Å²) in [6, 6.07) is 6.64. The second-order valence-electron chi connectivity index (χ2n) is 6.99. The van der Waals surface area contributed by atoms with E-state index in [0.29, 0.717) is 5.92 Å². The van der Waals surface area contributed by atoms with Crippen molar-refractivity contribution in [2.24, 2.45) is 5.92 Å². The first-order valence-electron chi connectivity index (χ1n) is 8.92. The molecular formula is C19H27FN2O. The molecule has 23 heavy (non-hydrogen) atoms. The van der Waals surface area contributed by atoms with Crippen molar-refractivity contribution >= 4 is 5.91 Å². The van der Waals surface area contributed by atoms with Crippen molar-refractivity contribution in [2.75, 3.05) is 26.2 Å². The van der Waals surface area contributed by atoms with Gasteiger partial charge in [-0.05, 0) is 62.4 Å². The molecule has 0 radical (unpaired) electrons. The van der Waals surface area contributed by atoms with Gasteiger partial charge in [0.1, 0.15) is 5.82 Å². The Morgan fingerprint density at radius 2 is 2.09 bits per heavy atom. The molecule has 1 aromatic rings. The molecule has 2 aliphatic rings. The molecule has 0 atom stereocenters. The van der Waals surface area contributed by atoms with E-state index in [4.69, 9.17) is 0 Å². The first-order valence-corrected chi connectivity index (χ1v) is 8.92. The van der Waals surface area contributed by atoms with E-state index < -0.39 is 5.41 Å². The number of piperidine rings is 1. The number of carbonyl (C=O) groups is 1. The van der Waals surface area contributed by atoms with Gasteiger partial charge in [-0.3, -0.25) is 4.79 Å². The van der Waals surface area contributed by atoms with E-state index in [1.54, 1.807) is 12.1 Å². The van der Waals surface area contributed by atoms with Gasteiger partial charge in [0.15, 0.2) is 0 Å². The predicted octanol–water partition coefficient (Wildman–Crippen LogP) is 3.10. The maximum atomic E-state index is 13.6. The van der Waals surface area contributed by atoms with E-state index in [0.717, 1.165) is 63.8 Å². The molecule has 3 nitrogen and oxygen atoms in total. The van der Waals surface area contributed by atoms with Crippen LogP contribution in [0.15, 0.2) is 24.3 Å². The van der Waals surface area contributed by atoms with Gasteiger partial charge in [0.2, 0.25) is 5.91 Å². The van der Waals surface area contributed by atoms with Crippen LogP contribution in [0.5, 0.6) is 0 Å². The van der Waals surface area contributed by atoms with E-state index in [1.807, 2.05) is 11.0 Å². The third-order valence-corrected chi connectivity index (χ3v) is 5.58. The molecule has 1 heterocycles. The molecule has 1 saturated heterocycles. The Labute approximate surface area is 138 Å². The van der Waals surface area contributed by atoms with Gasteiger partial charge in [-0.25, -0.2) is 4.39 Å². The van der Waals surface area contributed by atoms with Crippen molar-refractivity contribution in [1.29, 1.82) is 0 Å². The quantitative estimate of drug-likeness (QED) is 0.905. The van der Waals surface area contributed by atoms with Crippen LogP contribution in [0, 0.1) is 11.7 Å². The van der Waals surface area contributed by atoms with E-state index >= 15 is 0 Å². The topological polar surface area (TPSA) is 32.3 Å². The van der Waals surface area contributed by atoms with Gasteiger partial charge in [0, 0.05) is 13.1 Å². The summed E-state index contributed by atoms with van der Waals surface area (Å²) in [5.74, 6) is 0.646. The molecule has 0 spiro atoms. The zero-order valence-corrected chi connectivity index (χ0v) is 14.0. The molecule has 4 heteroatoms. The van der Waals surface area contributed by atoms with Gasteiger partial charge >= 0.3 is 0 Å². The third-order valence-electron chi connectivity index (χ3n) is 5.58. The van der Waals surface area contributed by atoms with Crippen LogP contribution in [0.1, 0.15) is 44.6 Å². The van der Waals surface area contributed by atoms with Crippen LogP contribution in [-0.4, -0.2) is 37.0 Å². The smallest absolute Gasteiger partial charge is 0.233 e. The Morgan fingerprint density at radius 3 is 2.65 bits per heavy atom. The first kappa shape index (κ1) is 16.4. The van der Waals surface area contributed by atoms with Gasteiger partial charge in [0.05, 0.1) is 5.41 Å². The second kappa shape index (κ2) is 7.00. The number of amides is 1. The standard InChI is InChI=1S/C19H27FN2O/c1-2-21-14-15-7-11-22(12-8-15)18(23)19(9-4-10-19)16-5-3-6-17(20)13-16/h3,5-6,13,15,21H,2,4,7-12,14H2,1H3. The molecule has 1 saturated carbocycles. The SMILES string of the molecule is CCNCC1CCN(C(=O)C2(c3cccc(F)c3)CCC2)CC1. The highest BCUT2D eigenvalue weighted by molar-refractivity contribution is 5.89. The van der Waals surface area contributed by atoms with Crippen molar-refractivity contribution < 1.29 is 9.18 Å². The average molecular weight is 318 g/mol. The number of halogens is 1. The molecule has 0 bridgehead atoms. The number of benzene rings is 1. The molecule has 1 aliphatic heterocycles. The lowest BCUT2D eigenvalue weighted by Crippen LogP contribution is -2.53. The van der Waals surface area contributed by atoms with Crippen LogP contribution in [-0.2, 0) is 10.2 Å². The van der Waals surface area contributed by atoms with Crippen molar-refractivity contribution in [3.63, 3.8) is 0 Å². The lowest BCUT2D eigenvalue weighted by molar-refractivity contribution is -0.142. The minimum absolute atomic E-state index is 0.219. The summed E-state index contributed by atoms with van der Waals surface area (Å²) in [7, 11) is 0. The highest BCUT2D eigenvalue weighted by atomic mass is 19.1. The maximum absolute atomic E-state index is 13.6. The lowest BCUT2D eigenvalue weighted by atomic mass is 9.63. The highest BCUT2D eigenvalue weighted by Gasteiger charge is 2.48. The van der Waals surface area contributed by atoms with E-state index in [-0.39, 0.29) is 11.7 Å². The van der Waals surface area contributed by atoms with Gasteiger partial charge < -0.3 is 10.2 Å². The molecule has 1 N–H and O–H groups in total. The zero-order chi connectivity index (χ0) is 16.3. The fraction of sp³-hybridized carbons (Fsp3) is 0.632. The van der Waals surface area contributed by atoms with Crippen LogP contribution in [0.25, 0.3) is 0 Å². The van der Waals surface area contributed by atoms with Crippen molar-refractivity contribution in [1.82, 2.24) is 10.2 Å². The Balaban J connectivity index is 1.67. The summed E-state index contributed by atoms with van der Waals surface area (Å²) in [5.41, 5.74) is 0.403. The van der Waals surface area contributed by atoms with Gasteiger partial charge in [0.25, 0.3) is 0 Å². The minimum Gasteiger partial charge on any atom is -0.342 e. The van der Waals surface area contributed by atoms with Gasteiger partial charge in [-0.2, -0.15) is 0 Å². The molecule has 0 aromatic heterocycles. The average Bonchev–Trinajstić information content (AvgIpc) is 2.52. The van der Waals surface area contributed by atoms with Crippen LogP contribution < -0.4 is 5.32 Å². The first-order chi connectivity index (χ1) is 11.2. The number of hydrogen-bond acceptors (Lipinski definition) is 2. The number of rotatable bonds is 5. The van der Waals surface area contributed by atoms with Crippen LogP contribution in [0.3, 0.4) is 0 Å². The maximum Gasteiger partial charge on any atom is 0.233 e. The van der Waals surface area contributed by atoms with Crippen LogP contribution in [0.2, 0.25) is 0 Å². The Morgan fingerprint density at radius 1 is 1.35 bits per heavy atom. The number of likely N-dealkylation sites (tertiary alicyclic amines) is 1.